The quantitative estimate of drug-likeness (QED) is 0.815. The van der Waals surface area contributed by atoms with Gasteiger partial charge < -0.3 is 10.1 Å². The molecule has 0 unspecified atom stereocenters. The van der Waals surface area contributed by atoms with Crippen molar-refractivity contribution in [3.8, 4) is 11.3 Å². The summed E-state index contributed by atoms with van der Waals surface area (Å²) < 4.78 is 12.7. The SMILES string of the molecule is Cc1[nH]c(C(=O)O)nc1-c1ccc(F)cc1. The van der Waals surface area contributed by atoms with Crippen LogP contribution in [0.1, 0.15) is 16.3 Å². The number of benzene rings is 1. The molecule has 1 aromatic carbocycles. The van der Waals surface area contributed by atoms with Crippen LogP contribution in [0.25, 0.3) is 11.3 Å². The molecule has 0 aliphatic rings. The van der Waals surface area contributed by atoms with Crippen LogP contribution in [0.4, 0.5) is 4.39 Å². The molecule has 0 amide bonds. The molecule has 0 atom stereocenters. The topological polar surface area (TPSA) is 66.0 Å². The fourth-order valence-corrected chi connectivity index (χ4v) is 1.45. The molecule has 5 heteroatoms. The summed E-state index contributed by atoms with van der Waals surface area (Å²) in [6.07, 6.45) is 0. The Bertz CT molecular complexity index is 531. The van der Waals surface area contributed by atoms with Crippen LogP contribution in [0.3, 0.4) is 0 Å². The number of aromatic amines is 1. The first kappa shape index (κ1) is 10.4. The zero-order valence-electron chi connectivity index (χ0n) is 8.49. The number of H-pyrrole nitrogens is 1. The Balaban J connectivity index is 2.47. The van der Waals surface area contributed by atoms with Crippen LogP contribution < -0.4 is 0 Å². The number of aromatic carboxylic acids is 1. The van der Waals surface area contributed by atoms with Gasteiger partial charge in [0, 0.05) is 11.3 Å². The number of hydrogen-bond donors (Lipinski definition) is 2. The van der Waals surface area contributed by atoms with E-state index in [2.05, 4.69) is 9.97 Å². The Morgan fingerprint density at radius 3 is 2.50 bits per heavy atom. The van der Waals surface area contributed by atoms with E-state index in [-0.39, 0.29) is 11.6 Å². The second-order valence-corrected chi connectivity index (χ2v) is 3.37. The lowest BCUT2D eigenvalue weighted by atomic mass is 10.1. The molecule has 0 radical (unpaired) electrons. The summed E-state index contributed by atoms with van der Waals surface area (Å²) in [5.74, 6) is -1.57. The number of aromatic nitrogens is 2. The van der Waals surface area contributed by atoms with Crippen molar-refractivity contribution in [3.05, 3.63) is 41.6 Å². The van der Waals surface area contributed by atoms with Gasteiger partial charge in [-0.05, 0) is 31.2 Å². The summed E-state index contributed by atoms with van der Waals surface area (Å²) in [7, 11) is 0. The van der Waals surface area contributed by atoms with Gasteiger partial charge in [0.1, 0.15) is 5.82 Å². The molecule has 1 aromatic heterocycles. The third kappa shape index (κ3) is 1.79. The number of carboxylic acids is 1. The fraction of sp³-hybridized carbons (Fsp3) is 0.0909. The molecule has 0 saturated carbocycles. The molecule has 16 heavy (non-hydrogen) atoms. The second kappa shape index (κ2) is 3.77. The van der Waals surface area contributed by atoms with Gasteiger partial charge in [-0.25, -0.2) is 14.2 Å². The van der Waals surface area contributed by atoms with Crippen molar-refractivity contribution in [2.75, 3.05) is 0 Å². The lowest BCUT2D eigenvalue weighted by Crippen LogP contribution is -1.98. The zero-order valence-corrected chi connectivity index (χ0v) is 8.49. The molecule has 2 N–H and O–H groups in total. The molecule has 4 nitrogen and oxygen atoms in total. The van der Waals surface area contributed by atoms with Gasteiger partial charge in [0.2, 0.25) is 5.82 Å². The standard InChI is InChI=1S/C11H9FN2O2/c1-6-9(14-10(13-6)11(15)16)7-2-4-8(12)5-3-7/h2-5H,1H3,(H,13,14)(H,15,16). The van der Waals surface area contributed by atoms with E-state index >= 15 is 0 Å². The third-order valence-corrected chi connectivity index (χ3v) is 2.20. The summed E-state index contributed by atoms with van der Waals surface area (Å²) >= 11 is 0. The van der Waals surface area contributed by atoms with Gasteiger partial charge in [-0.15, -0.1) is 0 Å². The maximum Gasteiger partial charge on any atom is 0.371 e. The minimum absolute atomic E-state index is 0.114. The monoisotopic (exact) mass is 220 g/mol. The molecule has 82 valence electrons. The molecular weight excluding hydrogens is 211 g/mol. The van der Waals surface area contributed by atoms with Crippen molar-refractivity contribution < 1.29 is 14.3 Å². The lowest BCUT2D eigenvalue weighted by molar-refractivity contribution is 0.0684. The summed E-state index contributed by atoms with van der Waals surface area (Å²) in [5, 5.41) is 8.76. The van der Waals surface area contributed by atoms with Crippen LogP contribution in [-0.4, -0.2) is 21.0 Å². The Morgan fingerprint density at radius 1 is 1.38 bits per heavy atom. The Labute approximate surface area is 90.8 Å². The molecule has 0 spiro atoms. The van der Waals surface area contributed by atoms with Crippen LogP contribution >= 0.6 is 0 Å². The highest BCUT2D eigenvalue weighted by molar-refractivity contribution is 5.84. The van der Waals surface area contributed by atoms with E-state index in [0.29, 0.717) is 17.0 Å². The highest BCUT2D eigenvalue weighted by atomic mass is 19.1. The first-order valence-electron chi connectivity index (χ1n) is 4.64. The lowest BCUT2D eigenvalue weighted by Gasteiger charge is -1.97. The molecular formula is C11H9FN2O2. The molecule has 0 aliphatic carbocycles. The van der Waals surface area contributed by atoms with Gasteiger partial charge in [0.25, 0.3) is 0 Å². The predicted molar refractivity (Wildman–Crippen MR) is 55.7 cm³/mol. The maximum absolute atomic E-state index is 12.7. The number of nitrogens with zero attached hydrogens (tertiary/aromatic N) is 1. The van der Waals surface area contributed by atoms with Crippen molar-refractivity contribution in [2.24, 2.45) is 0 Å². The molecule has 0 aliphatic heterocycles. The maximum atomic E-state index is 12.7. The van der Waals surface area contributed by atoms with E-state index in [4.69, 9.17) is 5.11 Å². The average molecular weight is 220 g/mol. The number of imidazole rings is 1. The first-order valence-corrected chi connectivity index (χ1v) is 4.64. The van der Waals surface area contributed by atoms with Crippen LogP contribution in [0.2, 0.25) is 0 Å². The van der Waals surface area contributed by atoms with Crippen molar-refractivity contribution in [3.63, 3.8) is 0 Å². The normalized spacial score (nSPS) is 10.4. The Hall–Kier alpha value is -2.17. The molecule has 0 fully saturated rings. The van der Waals surface area contributed by atoms with Crippen LogP contribution in [0.5, 0.6) is 0 Å². The van der Waals surface area contributed by atoms with E-state index in [1.165, 1.54) is 12.1 Å². The molecule has 0 saturated heterocycles. The molecule has 0 bridgehead atoms. The van der Waals surface area contributed by atoms with E-state index in [9.17, 15) is 9.18 Å². The Morgan fingerprint density at radius 2 is 2.00 bits per heavy atom. The van der Waals surface area contributed by atoms with Gasteiger partial charge >= 0.3 is 5.97 Å². The number of hydrogen-bond acceptors (Lipinski definition) is 2. The molecule has 1 heterocycles. The summed E-state index contributed by atoms with van der Waals surface area (Å²) in [6.45, 7) is 1.72. The smallest absolute Gasteiger partial charge is 0.371 e. The Kier molecular flexibility index (Phi) is 2.44. The van der Waals surface area contributed by atoms with Gasteiger partial charge in [-0.1, -0.05) is 0 Å². The number of halogens is 1. The van der Waals surface area contributed by atoms with Crippen molar-refractivity contribution in [1.82, 2.24) is 9.97 Å². The number of aryl methyl sites for hydroxylation is 1. The number of nitrogens with one attached hydrogen (secondary N) is 1. The average Bonchev–Trinajstić information content (AvgIpc) is 2.62. The van der Waals surface area contributed by atoms with Crippen LogP contribution in [-0.2, 0) is 0 Å². The molecule has 2 aromatic rings. The van der Waals surface area contributed by atoms with E-state index in [1.807, 2.05) is 0 Å². The van der Waals surface area contributed by atoms with Crippen LogP contribution in [0, 0.1) is 12.7 Å². The second-order valence-electron chi connectivity index (χ2n) is 3.37. The first-order chi connectivity index (χ1) is 7.58. The summed E-state index contributed by atoms with van der Waals surface area (Å²) in [4.78, 5) is 17.3. The zero-order chi connectivity index (χ0) is 11.7. The van der Waals surface area contributed by atoms with Gasteiger partial charge in [0.05, 0.1) is 5.69 Å². The highest BCUT2D eigenvalue weighted by Crippen LogP contribution is 2.21. The fourth-order valence-electron chi connectivity index (χ4n) is 1.45. The minimum Gasteiger partial charge on any atom is -0.475 e. The predicted octanol–water partition coefficient (Wildman–Crippen LogP) is 2.22. The largest absolute Gasteiger partial charge is 0.475 e. The van der Waals surface area contributed by atoms with Gasteiger partial charge in [-0.3, -0.25) is 0 Å². The number of carboxylic acid groups (broad SMARTS) is 1. The minimum atomic E-state index is -1.11. The third-order valence-electron chi connectivity index (χ3n) is 2.20. The van der Waals surface area contributed by atoms with Gasteiger partial charge in [-0.2, -0.15) is 0 Å². The van der Waals surface area contributed by atoms with Gasteiger partial charge in [0.15, 0.2) is 0 Å². The molecule has 2 rings (SSSR count). The van der Waals surface area contributed by atoms with Crippen molar-refractivity contribution >= 4 is 5.97 Å². The summed E-state index contributed by atoms with van der Waals surface area (Å²) in [5.41, 5.74) is 1.85. The number of rotatable bonds is 2. The highest BCUT2D eigenvalue weighted by Gasteiger charge is 2.13. The van der Waals surface area contributed by atoms with E-state index in [1.54, 1.807) is 19.1 Å². The van der Waals surface area contributed by atoms with E-state index < -0.39 is 5.97 Å². The van der Waals surface area contributed by atoms with Crippen molar-refractivity contribution in [1.29, 1.82) is 0 Å². The number of carbonyl (C=O) groups is 1. The summed E-state index contributed by atoms with van der Waals surface area (Å²) in [6, 6.07) is 5.74. The van der Waals surface area contributed by atoms with E-state index in [0.717, 1.165) is 0 Å². The van der Waals surface area contributed by atoms with Crippen molar-refractivity contribution in [2.45, 2.75) is 6.92 Å². The van der Waals surface area contributed by atoms with Crippen LogP contribution in [0.15, 0.2) is 24.3 Å².